The second-order valence-corrected chi connectivity index (χ2v) is 8.32. The Morgan fingerprint density at radius 1 is 1.14 bits per heavy atom. The van der Waals surface area contributed by atoms with E-state index in [2.05, 4.69) is 5.32 Å². The monoisotopic (exact) mass is 521 g/mol. The molecule has 36 heavy (non-hydrogen) atoms. The molecule has 4 rings (SSSR count). The normalized spacial score (nSPS) is 14.0. The number of carbonyl (C=O) groups excluding carboxylic acids is 2. The van der Waals surface area contributed by atoms with Crippen molar-refractivity contribution in [3.63, 3.8) is 0 Å². The van der Waals surface area contributed by atoms with Gasteiger partial charge in [-0.05, 0) is 54.8 Å². The molecular weight excluding hydrogens is 500 g/mol. The number of ether oxygens (including phenoxy) is 3. The zero-order valence-corrected chi connectivity index (χ0v) is 22.6. The first-order valence-electron chi connectivity index (χ1n) is 10.9. The quantitative estimate of drug-likeness (QED) is 0.442. The predicted molar refractivity (Wildman–Crippen MR) is 125 cm³/mol. The molecule has 1 atom stereocenters. The Labute approximate surface area is 234 Å². The standard InChI is InChI=1S/C26H23ClFNO6.Na/c1-33-22-12-17(28)5-2-15(22)8-10-29-25(30)16-3-6-18(7-4-16)35-24-14-23-20(13-21(24)27)19(26(31)32)9-11-34-23;/h2-7,12-14,19H,8-11H2,1H3,(H,29,30)(H,31,32);/q;+1/p-1. The second-order valence-electron chi connectivity index (χ2n) is 7.92. The zero-order valence-electron chi connectivity index (χ0n) is 19.8. The van der Waals surface area contributed by atoms with Crippen LogP contribution in [0.25, 0.3) is 0 Å². The number of hydrogen-bond acceptors (Lipinski definition) is 6. The molecule has 3 aromatic carbocycles. The van der Waals surface area contributed by atoms with Crippen molar-refractivity contribution in [2.24, 2.45) is 0 Å². The number of fused-ring (bicyclic) bond motifs is 1. The Hall–Kier alpha value is -2.78. The van der Waals surface area contributed by atoms with E-state index in [-0.39, 0.29) is 52.9 Å². The maximum Gasteiger partial charge on any atom is 1.00 e. The summed E-state index contributed by atoms with van der Waals surface area (Å²) in [5, 5.41) is 14.4. The van der Waals surface area contributed by atoms with Crippen LogP contribution in [0.1, 0.15) is 33.8 Å². The number of carboxylic acid groups (broad SMARTS) is 1. The van der Waals surface area contributed by atoms with Gasteiger partial charge in [-0.25, -0.2) is 4.39 Å². The molecule has 0 fully saturated rings. The zero-order chi connectivity index (χ0) is 24.9. The molecule has 0 saturated carbocycles. The number of carboxylic acids is 1. The molecule has 1 aliphatic rings. The minimum atomic E-state index is -1.18. The molecule has 0 radical (unpaired) electrons. The van der Waals surface area contributed by atoms with Gasteiger partial charge in [0.1, 0.15) is 28.8 Å². The fraction of sp³-hybridized carbons (Fsp3) is 0.231. The van der Waals surface area contributed by atoms with E-state index in [0.717, 1.165) is 5.56 Å². The largest absolute Gasteiger partial charge is 1.00 e. The molecule has 3 aromatic rings. The van der Waals surface area contributed by atoms with Gasteiger partial charge in [0.15, 0.2) is 0 Å². The van der Waals surface area contributed by atoms with Gasteiger partial charge < -0.3 is 29.4 Å². The van der Waals surface area contributed by atoms with Gasteiger partial charge in [-0.3, -0.25) is 4.79 Å². The number of hydrogen-bond donors (Lipinski definition) is 1. The number of halogens is 2. The van der Waals surface area contributed by atoms with Crippen molar-refractivity contribution in [2.75, 3.05) is 20.3 Å². The summed E-state index contributed by atoms with van der Waals surface area (Å²) in [4.78, 5) is 23.9. The van der Waals surface area contributed by atoms with E-state index < -0.39 is 11.9 Å². The Bertz CT molecular complexity index is 1250. The maximum absolute atomic E-state index is 13.3. The van der Waals surface area contributed by atoms with Crippen LogP contribution in [0.5, 0.6) is 23.0 Å². The van der Waals surface area contributed by atoms with Gasteiger partial charge in [0.25, 0.3) is 5.91 Å². The van der Waals surface area contributed by atoms with Crippen LogP contribution in [0.2, 0.25) is 5.02 Å². The second kappa shape index (κ2) is 12.5. The van der Waals surface area contributed by atoms with Crippen molar-refractivity contribution in [2.45, 2.75) is 18.8 Å². The number of methoxy groups -OCH3 is 1. The fourth-order valence-electron chi connectivity index (χ4n) is 3.85. The topological polar surface area (TPSA) is 96.9 Å². The maximum atomic E-state index is 13.3. The number of nitrogens with one attached hydrogen (secondary N) is 1. The Balaban J connectivity index is 0.00000361. The van der Waals surface area contributed by atoms with Crippen molar-refractivity contribution in [1.82, 2.24) is 5.32 Å². The summed E-state index contributed by atoms with van der Waals surface area (Å²) < 4.78 is 29.9. The Morgan fingerprint density at radius 3 is 2.58 bits per heavy atom. The third kappa shape index (κ3) is 6.50. The molecule has 1 unspecified atom stereocenters. The van der Waals surface area contributed by atoms with Crippen LogP contribution in [0.3, 0.4) is 0 Å². The smallest absolute Gasteiger partial charge is 0.549 e. The molecule has 1 amide bonds. The summed E-state index contributed by atoms with van der Waals surface area (Å²) in [6.07, 6.45) is 0.793. The van der Waals surface area contributed by atoms with Crippen LogP contribution >= 0.6 is 11.6 Å². The molecule has 0 aliphatic carbocycles. The average molecular weight is 522 g/mol. The molecule has 1 N–H and O–H groups in total. The van der Waals surface area contributed by atoms with E-state index in [1.54, 1.807) is 36.4 Å². The van der Waals surface area contributed by atoms with E-state index in [9.17, 15) is 19.1 Å². The van der Waals surface area contributed by atoms with Gasteiger partial charge in [0.2, 0.25) is 0 Å². The number of amides is 1. The number of benzene rings is 3. The van der Waals surface area contributed by atoms with Gasteiger partial charge >= 0.3 is 29.6 Å². The summed E-state index contributed by atoms with van der Waals surface area (Å²) in [5.74, 6) is -1.06. The minimum absolute atomic E-state index is 0. The Kier molecular flexibility index (Phi) is 9.62. The molecule has 7 nitrogen and oxygen atoms in total. The van der Waals surface area contributed by atoms with E-state index >= 15 is 0 Å². The van der Waals surface area contributed by atoms with Crippen molar-refractivity contribution in [3.05, 3.63) is 82.1 Å². The van der Waals surface area contributed by atoms with Crippen LogP contribution in [0.4, 0.5) is 4.39 Å². The van der Waals surface area contributed by atoms with Crippen molar-refractivity contribution < 1.29 is 62.9 Å². The van der Waals surface area contributed by atoms with Crippen LogP contribution in [0.15, 0.2) is 54.6 Å². The Morgan fingerprint density at radius 2 is 1.89 bits per heavy atom. The van der Waals surface area contributed by atoms with Crippen LogP contribution in [0, 0.1) is 5.82 Å². The van der Waals surface area contributed by atoms with Crippen LogP contribution in [-0.2, 0) is 11.2 Å². The minimum Gasteiger partial charge on any atom is -0.549 e. The first-order valence-corrected chi connectivity index (χ1v) is 11.3. The van der Waals surface area contributed by atoms with Gasteiger partial charge in [0, 0.05) is 41.7 Å². The summed E-state index contributed by atoms with van der Waals surface area (Å²) in [5.41, 5.74) is 1.67. The van der Waals surface area contributed by atoms with Crippen molar-refractivity contribution in [1.29, 1.82) is 0 Å². The van der Waals surface area contributed by atoms with Gasteiger partial charge in [-0.1, -0.05) is 17.7 Å². The number of aliphatic carboxylic acids is 1. The third-order valence-electron chi connectivity index (χ3n) is 5.66. The van der Waals surface area contributed by atoms with Crippen molar-refractivity contribution >= 4 is 23.5 Å². The predicted octanol–water partition coefficient (Wildman–Crippen LogP) is 0.872. The summed E-state index contributed by atoms with van der Waals surface area (Å²) in [6, 6.07) is 13.8. The molecule has 10 heteroatoms. The van der Waals surface area contributed by atoms with Gasteiger partial charge in [-0.15, -0.1) is 0 Å². The van der Waals surface area contributed by atoms with E-state index in [0.29, 0.717) is 53.5 Å². The molecule has 0 aromatic heterocycles. The first-order chi connectivity index (χ1) is 16.9. The van der Waals surface area contributed by atoms with Gasteiger partial charge in [-0.2, -0.15) is 0 Å². The summed E-state index contributed by atoms with van der Waals surface area (Å²) in [6.45, 7) is 0.598. The molecular formula is C26H22ClFNNaO6. The molecule has 1 heterocycles. The SMILES string of the molecule is COc1cc(F)ccc1CCNC(=O)c1ccc(Oc2cc3c(cc2Cl)C(C(=O)[O-])CCO3)cc1.[Na+]. The first kappa shape index (κ1) is 27.8. The third-order valence-corrected chi connectivity index (χ3v) is 5.96. The molecule has 0 saturated heterocycles. The van der Waals surface area contributed by atoms with E-state index in [4.69, 9.17) is 25.8 Å². The average Bonchev–Trinajstić information content (AvgIpc) is 2.85. The molecule has 0 bridgehead atoms. The molecule has 1 aliphatic heterocycles. The van der Waals surface area contributed by atoms with Gasteiger partial charge in [0.05, 0.1) is 18.7 Å². The van der Waals surface area contributed by atoms with Crippen LogP contribution < -0.4 is 54.2 Å². The number of rotatable bonds is 8. The molecule has 182 valence electrons. The van der Waals surface area contributed by atoms with E-state index in [1.165, 1.54) is 25.3 Å². The molecule has 0 spiro atoms. The van der Waals surface area contributed by atoms with Crippen LogP contribution in [-0.4, -0.2) is 32.1 Å². The summed E-state index contributed by atoms with van der Waals surface area (Å²) in [7, 11) is 1.47. The fourth-order valence-corrected chi connectivity index (χ4v) is 4.06. The van der Waals surface area contributed by atoms with Crippen molar-refractivity contribution in [3.8, 4) is 23.0 Å². The van der Waals surface area contributed by atoms with E-state index in [1.807, 2.05) is 0 Å². The number of carbonyl (C=O) groups is 2. The summed E-state index contributed by atoms with van der Waals surface area (Å²) >= 11 is 6.31.